The third-order valence-corrected chi connectivity index (χ3v) is 0.777. The third kappa shape index (κ3) is 25.1. The van der Waals surface area contributed by atoms with Gasteiger partial charge in [0, 0.05) is 0 Å². The summed E-state index contributed by atoms with van der Waals surface area (Å²) in [6.07, 6.45) is 1.71. The van der Waals surface area contributed by atoms with Crippen LogP contribution >= 0.6 is 11.3 Å². The smallest absolute Gasteiger partial charge is 0.394 e. The van der Waals surface area contributed by atoms with Crippen molar-refractivity contribution in [3.8, 4) is 0 Å². The minimum atomic E-state index is -4.17. The molecular formula is C3H5N2NaO3S2. The zero-order chi connectivity index (χ0) is 8.04. The molecule has 1 aromatic heterocycles. The number of hydrogen-bond donors (Lipinski definition) is 2. The third-order valence-electron chi connectivity index (χ3n) is 0.309. The molecule has 1 rings (SSSR count). The van der Waals surface area contributed by atoms with Crippen LogP contribution in [-0.2, 0) is 10.3 Å². The molecule has 58 valence electrons. The van der Waals surface area contributed by atoms with Crippen LogP contribution in [0.2, 0.25) is 0 Å². The van der Waals surface area contributed by atoms with Gasteiger partial charge >= 0.3 is 39.9 Å². The van der Waals surface area contributed by atoms with Crippen LogP contribution in [0.25, 0.3) is 0 Å². The fourth-order valence-electron chi connectivity index (χ4n) is 0.152. The van der Waals surface area contributed by atoms with E-state index in [1.54, 1.807) is 6.20 Å². The first-order chi connectivity index (χ1) is 4.50. The zero-order valence-electron chi connectivity index (χ0n) is 5.76. The predicted molar refractivity (Wildman–Crippen MR) is 36.7 cm³/mol. The number of hydrogen-bond acceptors (Lipinski definition) is 4. The Labute approximate surface area is 90.8 Å². The van der Waals surface area contributed by atoms with Crippen molar-refractivity contribution < 1.29 is 42.5 Å². The number of nitrogens with zero attached hydrogens (tertiary/aromatic N) is 1. The van der Waals surface area contributed by atoms with Gasteiger partial charge in [-0.05, 0) is 5.51 Å². The molecule has 0 atom stereocenters. The van der Waals surface area contributed by atoms with Crippen LogP contribution in [0.4, 0.5) is 0 Å². The van der Waals surface area contributed by atoms with E-state index in [4.69, 9.17) is 13.0 Å². The van der Waals surface area contributed by atoms with Gasteiger partial charge in [-0.25, -0.2) is 5.14 Å². The van der Waals surface area contributed by atoms with Gasteiger partial charge in [0.25, 0.3) is 0 Å². The maximum atomic E-state index is 8.97. The molecule has 0 aromatic carbocycles. The van der Waals surface area contributed by atoms with Crippen molar-refractivity contribution in [3.05, 3.63) is 17.1 Å². The summed E-state index contributed by atoms with van der Waals surface area (Å²) in [5.74, 6) is 0. The molecule has 0 bridgehead atoms. The van der Waals surface area contributed by atoms with Gasteiger partial charge < -0.3 is 4.98 Å². The molecule has 0 aliphatic carbocycles. The van der Waals surface area contributed by atoms with Gasteiger partial charge in [0.05, 0.1) is 0 Å². The number of aromatic nitrogens is 1. The van der Waals surface area contributed by atoms with Crippen LogP contribution in [-0.4, -0.2) is 18.0 Å². The van der Waals surface area contributed by atoms with Crippen molar-refractivity contribution in [1.82, 2.24) is 4.98 Å². The number of nitrogens with two attached hydrogens (primary N) is 1. The van der Waals surface area contributed by atoms with Gasteiger partial charge in [-0.15, -0.1) is 11.6 Å². The summed E-state index contributed by atoms with van der Waals surface area (Å²) in [6.45, 7) is 0. The Morgan fingerprint density at radius 2 is 2.09 bits per heavy atom. The molecule has 1 heterocycles. The van der Waals surface area contributed by atoms with Gasteiger partial charge in [-0.1, -0.05) is 0 Å². The SMILES string of the molecule is NS(=O)(=O)O.[Na+].[c-]1nccs1. The topological polar surface area (TPSA) is 93.3 Å². The van der Waals surface area contributed by atoms with E-state index in [0.29, 0.717) is 0 Å². The second-order valence-corrected chi connectivity index (χ2v) is 2.86. The van der Waals surface area contributed by atoms with Crippen LogP contribution in [0, 0.1) is 5.51 Å². The van der Waals surface area contributed by atoms with Gasteiger partial charge in [0.2, 0.25) is 0 Å². The normalized spacial score (nSPS) is 8.91. The number of rotatable bonds is 0. The maximum absolute atomic E-state index is 8.97. The molecule has 3 N–H and O–H groups in total. The van der Waals surface area contributed by atoms with Crippen LogP contribution < -0.4 is 34.7 Å². The molecule has 0 saturated carbocycles. The Morgan fingerprint density at radius 1 is 1.64 bits per heavy atom. The first kappa shape index (κ1) is 14.0. The average Bonchev–Trinajstić information content (AvgIpc) is 2.07. The Morgan fingerprint density at radius 3 is 2.18 bits per heavy atom. The minimum Gasteiger partial charge on any atom is -0.394 e. The molecule has 0 spiro atoms. The van der Waals surface area contributed by atoms with Crippen molar-refractivity contribution in [2.45, 2.75) is 0 Å². The van der Waals surface area contributed by atoms with E-state index in [1.807, 2.05) is 5.38 Å². The minimum absolute atomic E-state index is 0. The maximum Gasteiger partial charge on any atom is 1.00 e. The van der Waals surface area contributed by atoms with Crippen LogP contribution in [0.3, 0.4) is 0 Å². The first-order valence-corrected chi connectivity index (χ1v) is 4.39. The van der Waals surface area contributed by atoms with E-state index in [1.165, 1.54) is 11.3 Å². The molecular weight excluding hydrogens is 199 g/mol. The van der Waals surface area contributed by atoms with Gasteiger partial charge in [0.1, 0.15) is 0 Å². The van der Waals surface area contributed by atoms with E-state index in [2.05, 4.69) is 15.6 Å². The van der Waals surface area contributed by atoms with Crippen molar-refractivity contribution in [1.29, 1.82) is 0 Å². The second kappa shape index (κ2) is 7.17. The molecule has 0 unspecified atom stereocenters. The summed E-state index contributed by atoms with van der Waals surface area (Å²) in [6, 6.07) is 0. The van der Waals surface area contributed by atoms with Crippen molar-refractivity contribution in [2.75, 3.05) is 0 Å². The molecule has 0 radical (unpaired) electrons. The Balaban J connectivity index is 0. The van der Waals surface area contributed by atoms with E-state index in [9.17, 15) is 0 Å². The molecule has 11 heavy (non-hydrogen) atoms. The van der Waals surface area contributed by atoms with Crippen LogP contribution in [0.1, 0.15) is 0 Å². The average molecular weight is 204 g/mol. The van der Waals surface area contributed by atoms with Gasteiger partial charge in [-0.3, -0.25) is 15.9 Å². The van der Waals surface area contributed by atoms with Crippen molar-refractivity contribution in [3.63, 3.8) is 0 Å². The van der Waals surface area contributed by atoms with E-state index < -0.39 is 10.3 Å². The second-order valence-electron chi connectivity index (χ2n) is 1.14. The van der Waals surface area contributed by atoms with E-state index in [-0.39, 0.29) is 29.6 Å². The monoisotopic (exact) mass is 204 g/mol. The summed E-state index contributed by atoms with van der Waals surface area (Å²) in [7, 11) is -4.17. The summed E-state index contributed by atoms with van der Waals surface area (Å²) >= 11 is 1.48. The number of thiazole rings is 1. The molecule has 0 amide bonds. The molecule has 8 heteroatoms. The van der Waals surface area contributed by atoms with Gasteiger partial charge in [-0.2, -0.15) is 8.42 Å². The Bertz CT molecular complexity index is 220. The fraction of sp³-hybridized carbons (Fsp3) is 0. The Hall–Kier alpha value is 0.500. The van der Waals surface area contributed by atoms with Crippen LogP contribution in [0.5, 0.6) is 0 Å². The Kier molecular flexibility index (Phi) is 9.15. The van der Waals surface area contributed by atoms with E-state index >= 15 is 0 Å². The zero-order valence-corrected chi connectivity index (χ0v) is 9.39. The van der Waals surface area contributed by atoms with Crippen molar-refractivity contribution >= 4 is 21.6 Å². The standard InChI is InChI=1S/C3H2NS.H3NO3S.Na/c1-2-5-3-4-1;1-5(2,3)4;/h1-2H;(H3,1,2,3,4);/q-1;;+1. The molecule has 0 aliphatic heterocycles. The van der Waals surface area contributed by atoms with Gasteiger partial charge in [0.15, 0.2) is 0 Å². The quantitative estimate of drug-likeness (QED) is 0.263. The molecule has 5 nitrogen and oxygen atoms in total. The summed E-state index contributed by atoms with van der Waals surface area (Å²) in [5.41, 5.74) is 2.65. The van der Waals surface area contributed by atoms with Crippen molar-refractivity contribution in [2.24, 2.45) is 5.14 Å². The molecule has 0 aliphatic rings. The summed E-state index contributed by atoms with van der Waals surface area (Å²) < 4.78 is 25.2. The largest absolute Gasteiger partial charge is 1.00 e. The molecule has 0 fully saturated rings. The van der Waals surface area contributed by atoms with Crippen LogP contribution in [0.15, 0.2) is 11.6 Å². The molecule has 1 aromatic rings. The first-order valence-electron chi connectivity index (χ1n) is 2.01. The summed E-state index contributed by atoms with van der Waals surface area (Å²) in [4.78, 5) is 3.62. The van der Waals surface area contributed by atoms with E-state index in [0.717, 1.165) is 0 Å². The summed E-state index contributed by atoms with van der Waals surface area (Å²) in [5, 5.41) is 5.76. The predicted octanol–water partition coefficient (Wildman–Crippen LogP) is -3.30. The molecule has 0 saturated heterocycles. The fourth-order valence-corrected chi connectivity index (χ4v) is 0.456.